The summed E-state index contributed by atoms with van der Waals surface area (Å²) in [6.07, 6.45) is 14.1. The fourth-order valence-electron chi connectivity index (χ4n) is 3.13. The van der Waals surface area contributed by atoms with Crippen LogP contribution in [0.4, 0.5) is 6.01 Å². The van der Waals surface area contributed by atoms with Crippen molar-refractivity contribution < 1.29 is 4.42 Å². The van der Waals surface area contributed by atoms with Gasteiger partial charge in [-0.25, -0.2) is 0 Å². The van der Waals surface area contributed by atoms with Crippen molar-refractivity contribution in [1.29, 1.82) is 0 Å². The van der Waals surface area contributed by atoms with E-state index in [1.807, 2.05) is 6.07 Å². The molecule has 2 aromatic rings. The molecule has 1 aromatic carbocycles. The average molecular weight is 382 g/mol. The second kappa shape index (κ2) is 13.9. The van der Waals surface area contributed by atoms with Gasteiger partial charge in [-0.3, -0.25) is 0 Å². The molecule has 0 unspecified atom stereocenters. The molecule has 148 valence electrons. The monoisotopic (exact) mass is 381 g/mol. The number of aromatic nitrogens is 1. The second-order valence-electron chi connectivity index (χ2n) is 6.97. The molecule has 0 aliphatic carbocycles. The van der Waals surface area contributed by atoms with Crippen LogP contribution in [-0.4, -0.2) is 18.1 Å². The standard InChI is InChI=1S/C21H35N3O.ClH/c1-2-3-4-5-6-7-8-9-12-18-13-14-20-19(17-18)24-21(25-20)23-16-11-10-15-22;/h13-14,17H,2-12,15-16,22H2,1H3,(H,23,24);1H. The molecule has 0 fully saturated rings. The molecule has 0 bridgehead atoms. The summed E-state index contributed by atoms with van der Waals surface area (Å²) in [6, 6.07) is 7.02. The lowest BCUT2D eigenvalue weighted by molar-refractivity contribution is 0.575. The van der Waals surface area contributed by atoms with Gasteiger partial charge >= 0.3 is 0 Å². The van der Waals surface area contributed by atoms with Crippen LogP contribution < -0.4 is 11.1 Å². The molecule has 0 saturated heterocycles. The molecule has 2 rings (SSSR count). The SMILES string of the molecule is CCCCCCCCCCc1ccc2oc(NCCCCN)nc2c1.Cl. The van der Waals surface area contributed by atoms with Crippen LogP contribution in [0.25, 0.3) is 11.1 Å². The van der Waals surface area contributed by atoms with Gasteiger partial charge in [0.2, 0.25) is 0 Å². The van der Waals surface area contributed by atoms with E-state index >= 15 is 0 Å². The van der Waals surface area contributed by atoms with Gasteiger partial charge in [0.05, 0.1) is 0 Å². The first kappa shape index (κ1) is 22.8. The van der Waals surface area contributed by atoms with E-state index in [1.165, 1.54) is 56.9 Å². The van der Waals surface area contributed by atoms with Crippen LogP contribution in [0.2, 0.25) is 0 Å². The molecule has 0 saturated carbocycles. The van der Waals surface area contributed by atoms with E-state index in [1.54, 1.807) is 0 Å². The van der Waals surface area contributed by atoms with Crippen LogP contribution in [0.3, 0.4) is 0 Å². The van der Waals surface area contributed by atoms with Crippen LogP contribution >= 0.6 is 12.4 Å². The first-order valence-corrected chi connectivity index (χ1v) is 10.2. The molecule has 4 nitrogen and oxygen atoms in total. The van der Waals surface area contributed by atoms with E-state index in [9.17, 15) is 0 Å². The zero-order valence-electron chi connectivity index (χ0n) is 16.3. The first-order chi connectivity index (χ1) is 12.3. The van der Waals surface area contributed by atoms with Crippen LogP contribution in [0, 0.1) is 0 Å². The number of fused-ring (bicyclic) bond motifs is 1. The highest BCUT2D eigenvalue weighted by atomic mass is 35.5. The number of hydrogen-bond donors (Lipinski definition) is 2. The summed E-state index contributed by atoms with van der Waals surface area (Å²) in [6.45, 7) is 3.86. The van der Waals surface area contributed by atoms with E-state index in [0.29, 0.717) is 6.01 Å². The largest absolute Gasteiger partial charge is 0.424 e. The van der Waals surface area contributed by atoms with Crippen molar-refractivity contribution in [2.75, 3.05) is 18.4 Å². The van der Waals surface area contributed by atoms with E-state index in [-0.39, 0.29) is 12.4 Å². The third kappa shape index (κ3) is 8.41. The van der Waals surface area contributed by atoms with Crippen molar-refractivity contribution in [2.24, 2.45) is 5.73 Å². The van der Waals surface area contributed by atoms with Crippen LogP contribution in [0.5, 0.6) is 0 Å². The Labute approximate surface area is 164 Å². The lowest BCUT2D eigenvalue weighted by atomic mass is 10.0. The van der Waals surface area contributed by atoms with Crippen molar-refractivity contribution in [2.45, 2.75) is 77.6 Å². The predicted octanol–water partition coefficient (Wildman–Crippen LogP) is 6.08. The van der Waals surface area contributed by atoms with Gasteiger partial charge in [-0.05, 0) is 49.9 Å². The number of nitrogens with zero attached hydrogens (tertiary/aromatic N) is 1. The normalized spacial score (nSPS) is 10.8. The second-order valence-corrected chi connectivity index (χ2v) is 6.97. The van der Waals surface area contributed by atoms with Gasteiger partial charge in [-0.15, -0.1) is 12.4 Å². The minimum atomic E-state index is 0. The average Bonchev–Trinajstić information content (AvgIpc) is 3.03. The van der Waals surface area contributed by atoms with E-state index in [2.05, 4.69) is 29.4 Å². The molecule has 3 N–H and O–H groups in total. The van der Waals surface area contributed by atoms with Crippen LogP contribution in [-0.2, 0) is 6.42 Å². The Morgan fingerprint density at radius 3 is 2.42 bits per heavy atom. The minimum absolute atomic E-state index is 0. The number of nitrogens with one attached hydrogen (secondary N) is 1. The lowest BCUT2D eigenvalue weighted by Gasteiger charge is -2.02. The van der Waals surface area contributed by atoms with E-state index in [0.717, 1.165) is 43.5 Å². The Hall–Kier alpha value is -1.26. The minimum Gasteiger partial charge on any atom is -0.424 e. The summed E-state index contributed by atoms with van der Waals surface area (Å²) in [4.78, 5) is 4.55. The Morgan fingerprint density at radius 1 is 0.962 bits per heavy atom. The first-order valence-electron chi connectivity index (χ1n) is 10.2. The van der Waals surface area contributed by atoms with E-state index in [4.69, 9.17) is 10.2 Å². The topological polar surface area (TPSA) is 64.1 Å². The van der Waals surface area contributed by atoms with Gasteiger partial charge in [0.25, 0.3) is 6.01 Å². The summed E-state index contributed by atoms with van der Waals surface area (Å²) in [5.74, 6) is 0. The van der Waals surface area contributed by atoms with E-state index < -0.39 is 0 Å². The number of halogens is 1. The quantitative estimate of drug-likeness (QED) is 0.389. The summed E-state index contributed by atoms with van der Waals surface area (Å²) < 4.78 is 5.74. The van der Waals surface area contributed by atoms with Gasteiger partial charge in [-0.2, -0.15) is 4.98 Å². The highest BCUT2D eigenvalue weighted by Gasteiger charge is 2.06. The summed E-state index contributed by atoms with van der Waals surface area (Å²) in [7, 11) is 0. The number of benzene rings is 1. The van der Waals surface area contributed by atoms with Gasteiger partial charge < -0.3 is 15.5 Å². The molecule has 0 aliphatic rings. The van der Waals surface area contributed by atoms with Crippen molar-refractivity contribution in [3.63, 3.8) is 0 Å². The predicted molar refractivity (Wildman–Crippen MR) is 114 cm³/mol. The van der Waals surface area contributed by atoms with Gasteiger partial charge in [0, 0.05) is 6.54 Å². The Kier molecular flexibility index (Phi) is 12.2. The molecule has 0 aliphatic heterocycles. The fraction of sp³-hybridized carbons (Fsp3) is 0.667. The molecule has 0 spiro atoms. The van der Waals surface area contributed by atoms with Crippen LogP contribution in [0.15, 0.2) is 22.6 Å². The van der Waals surface area contributed by atoms with Crippen molar-refractivity contribution >= 4 is 29.5 Å². The zero-order valence-corrected chi connectivity index (χ0v) is 17.1. The number of aryl methyl sites for hydroxylation is 1. The number of unbranched alkanes of at least 4 members (excludes halogenated alkanes) is 8. The fourth-order valence-corrected chi connectivity index (χ4v) is 3.13. The lowest BCUT2D eigenvalue weighted by Crippen LogP contribution is -2.05. The summed E-state index contributed by atoms with van der Waals surface area (Å²) >= 11 is 0. The smallest absolute Gasteiger partial charge is 0.295 e. The summed E-state index contributed by atoms with van der Waals surface area (Å²) in [5, 5.41) is 3.24. The van der Waals surface area contributed by atoms with Gasteiger partial charge in [0.15, 0.2) is 5.58 Å². The Morgan fingerprint density at radius 2 is 1.69 bits per heavy atom. The number of anilines is 1. The van der Waals surface area contributed by atoms with Crippen molar-refractivity contribution in [3.05, 3.63) is 23.8 Å². The highest BCUT2D eigenvalue weighted by Crippen LogP contribution is 2.21. The number of hydrogen-bond acceptors (Lipinski definition) is 4. The molecule has 0 amide bonds. The molecule has 0 radical (unpaired) electrons. The van der Waals surface area contributed by atoms with Crippen molar-refractivity contribution in [1.82, 2.24) is 4.98 Å². The molecule has 5 heteroatoms. The number of rotatable bonds is 14. The number of oxazole rings is 1. The van der Waals surface area contributed by atoms with Gasteiger partial charge in [0.1, 0.15) is 5.52 Å². The molecular weight excluding hydrogens is 346 g/mol. The molecule has 0 atom stereocenters. The maximum Gasteiger partial charge on any atom is 0.295 e. The van der Waals surface area contributed by atoms with Gasteiger partial charge in [-0.1, -0.05) is 57.9 Å². The number of nitrogens with two attached hydrogens (primary N) is 1. The molecule has 1 aromatic heterocycles. The third-order valence-electron chi connectivity index (χ3n) is 4.68. The van der Waals surface area contributed by atoms with Crippen LogP contribution in [0.1, 0.15) is 76.7 Å². The molecule has 1 heterocycles. The highest BCUT2D eigenvalue weighted by molar-refractivity contribution is 5.85. The Bertz CT molecular complexity index is 600. The Balaban J connectivity index is 0.00000338. The maximum absolute atomic E-state index is 5.74. The zero-order chi connectivity index (χ0) is 17.7. The third-order valence-corrected chi connectivity index (χ3v) is 4.68. The summed E-state index contributed by atoms with van der Waals surface area (Å²) in [5.41, 5.74) is 8.69. The van der Waals surface area contributed by atoms with Crippen molar-refractivity contribution in [3.8, 4) is 0 Å². The molecule has 26 heavy (non-hydrogen) atoms. The maximum atomic E-state index is 5.74. The molecular formula is C21H36ClN3O.